The van der Waals surface area contributed by atoms with E-state index in [4.69, 9.17) is 4.74 Å². The molecule has 0 spiro atoms. The zero-order valence-electron chi connectivity index (χ0n) is 22.3. The van der Waals surface area contributed by atoms with Gasteiger partial charge in [0.05, 0.1) is 0 Å². The summed E-state index contributed by atoms with van der Waals surface area (Å²) in [7, 11) is 0. The molecule has 0 aromatic heterocycles. The second kappa shape index (κ2) is 13.5. The van der Waals surface area contributed by atoms with Crippen LogP contribution in [0.1, 0.15) is 73.3 Å². The first kappa shape index (κ1) is 31.2. The van der Waals surface area contributed by atoms with Gasteiger partial charge in [-0.1, -0.05) is 70.2 Å². The second-order valence-corrected chi connectivity index (χ2v) is 10.5. The van der Waals surface area contributed by atoms with Crippen molar-refractivity contribution in [2.75, 3.05) is 6.54 Å². The predicted molar refractivity (Wildman–Crippen MR) is 133 cm³/mol. The minimum atomic E-state index is -5.23. The Balaban J connectivity index is 3.58. The first-order chi connectivity index (χ1) is 16.5. The molecular formula is C27H39F3N2O4. The molecule has 6 nitrogen and oxygen atoms in total. The summed E-state index contributed by atoms with van der Waals surface area (Å²) in [6.07, 6.45) is -1.82. The third-order valence-corrected chi connectivity index (χ3v) is 4.91. The Kier molecular flexibility index (Phi) is 11.7. The Morgan fingerprint density at radius 3 is 2.03 bits per heavy atom. The lowest BCUT2D eigenvalue weighted by Crippen LogP contribution is -2.61. The van der Waals surface area contributed by atoms with Gasteiger partial charge in [-0.2, -0.15) is 13.2 Å². The molecule has 1 rings (SSSR count). The number of carbonyl (C=O) groups excluding carboxylic acids is 3. The fraction of sp³-hybridized carbons (Fsp3) is 0.593. The van der Waals surface area contributed by atoms with Gasteiger partial charge in [-0.25, -0.2) is 14.8 Å². The van der Waals surface area contributed by atoms with Crippen LogP contribution in [0.5, 0.6) is 0 Å². The van der Waals surface area contributed by atoms with E-state index < -0.39 is 48.1 Å². The Labute approximate surface area is 212 Å². The highest BCUT2D eigenvalue weighted by Gasteiger charge is 2.48. The van der Waals surface area contributed by atoms with E-state index in [1.54, 1.807) is 46.8 Å². The number of rotatable bonds is 10. The van der Waals surface area contributed by atoms with E-state index in [1.807, 2.05) is 44.2 Å². The van der Waals surface area contributed by atoms with Crippen LogP contribution in [0.3, 0.4) is 0 Å². The fourth-order valence-corrected chi connectivity index (χ4v) is 3.33. The van der Waals surface area contributed by atoms with Crippen LogP contribution in [0.15, 0.2) is 36.4 Å². The normalized spacial score (nSPS) is 13.2. The molecule has 0 aliphatic carbocycles. The predicted octanol–water partition coefficient (Wildman–Crippen LogP) is 6.03. The number of alkyl halides is 3. The van der Waals surface area contributed by atoms with Crippen molar-refractivity contribution in [2.24, 2.45) is 11.8 Å². The summed E-state index contributed by atoms with van der Waals surface area (Å²) < 4.78 is 46.4. The summed E-state index contributed by atoms with van der Waals surface area (Å²) in [6.45, 7) is 11.5. The first-order valence-corrected chi connectivity index (χ1v) is 12.2. The maximum atomic E-state index is 13.6. The van der Waals surface area contributed by atoms with E-state index in [0.29, 0.717) is 16.4 Å². The van der Waals surface area contributed by atoms with Gasteiger partial charge in [0, 0.05) is 13.0 Å². The van der Waals surface area contributed by atoms with Gasteiger partial charge in [-0.3, -0.25) is 9.59 Å². The van der Waals surface area contributed by atoms with Crippen LogP contribution in [0.4, 0.5) is 13.2 Å². The number of hydrazine groups is 1. The highest BCUT2D eigenvalue weighted by atomic mass is 19.4. The number of nitrogens with zero attached hydrogens (tertiary/aromatic N) is 2. The quantitative estimate of drug-likeness (QED) is 0.284. The molecule has 0 saturated carbocycles. The van der Waals surface area contributed by atoms with Gasteiger partial charge in [-0.15, -0.1) is 0 Å². The molecule has 1 aromatic carbocycles. The second-order valence-electron chi connectivity index (χ2n) is 10.5. The summed E-state index contributed by atoms with van der Waals surface area (Å²) in [4.78, 5) is 39.2. The summed E-state index contributed by atoms with van der Waals surface area (Å²) >= 11 is 0. The van der Waals surface area contributed by atoms with Crippen LogP contribution in [0, 0.1) is 11.8 Å². The Morgan fingerprint density at radius 2 is 1.56 bits per heavy atom. The average molecular weight is 513 g/mol. The highest BCUT2D eigenvalue weighted by Crippen LogP contribution is 2.26. The Bertz CT molecular complexity index is 891. The summed E-state index contributed by atoms with van der Waals surface area (Å²) in [6, 6.07) is 7.65. The molecule has 9 heteroatoms. The van der Waals surface area contributed by atoms with Crippen molar-refractivity contribution in [1.82, 2.24) is 10.0 Å². The van der Waals surface area contributed by atoms with Gasteiger partial charge in [0.25, 0.3) is 0 Å². The average Bonchev–Trinajstić information content (AvgIpc) is 2.74. The molecule has 2 amide bonds. The fourth-order valence-electron chi connectivity index (χ4n) is 3.33. The molecule has 0 unspecified atom stereocenters. The Morgan fingerprint density at radius 1 is 0.972 bits per heavy atom. The van der Waals surface area contributed by atoms with Crippen LogP contribution in [0.2, 0.25) is 0 Å². The number of benzene rings is 1. The standard InChI is InChI=1S/C27H39F3N2O4/c1-19(2)16-17-23(33)32(31(18-20(3)4)25(35)27(28,29)30)22(24(34)36-26(5,6)7)15-11-14-21-12-9-8-10-13-21/h8-14,19-20,22H,15-18H2,1-7H3/t22-/m0/s1. The highest BCUT2D eigenvalue weighted by molar-refractivity contribution is 5.89. The first-order valence-electron chi connectivity index (χ1n) is 12.2. The molecule has 0 radical (unpaired) electrons. The molecule has 0 bridgehead atoms. The smallest absolute Gasteiger partial charge is 0.458 e. The molecule has 36 heavy (non-hydrogen) atoms. The number of halogens is 3. The number of amides is 2. The summed E-state index contributed by atoms with van der Waals surface area (Å²) in [5.41, 5.74) is -0.147. The SMILES string of the molecule is CC(C)CCC(=O)N([C@@H](CC=Cc1ccccc1)C(=O)OC(C)(C)C)N(CC(C)C)C(=O)C(F)(F)F. The third-order valence-electron chi connectivity index (χ3n) is 4.91. The molecule has 0 aliphatic rings. The molecule has 1 aromatic rings. The van der Waals surface area contributed by atoms with E-state index in [1.165, 1.54) is 0 Å². The molecule has 0 heterocycles. The van der Waals surface area contributed by atoms with Gasteiger partial charge >= 0.3 is 18.1 Å². The largest absolute Gasteiger partial charge is 0.473 e. The van der Waals surface area contributed by atoms with Crippen LogP contribution < -0.4 is 0 Å². The minimum Gasteiger partial charge on any atom is -0.458 e. The maximum Gasteiger partial charge on any atom is 0.473 e. The zero-order chi connectivity index (χ0) is 27.7. The third kappa shape index (κ3) is 10.8. The van der Waals surface area contributed by atoms with Crippen LogP contribution >= 0.6 is 0 Å². The van der Waals surface area contributed by atoms with Gasteiger partial charge < -0.3 is 4.74 Å². The zero-order valence-corrected chi connectivity index (χ0v) is 22.3. The van der Waals surface area contributed by atoms with Crippen molar-refractivity contribution in [1.29, 1.82) is 0 Å². The molecular weight excluding hydrogens is 473 g/mol. The Hall–Kier alpha value is -2.84. The van der Waals surface area contributed by atoms with E-state index in [-0.39, 0.29) is 18.8 Å². The lowest BCUT2D eigenvalue weighted by molar-refractivity contribution is -0.211. The molecule has 0 fully saturated rings. The van der Waals surface area contributed by atoms with Crippen molar-refractivity contribution in [3.63, 3.8) is 0 Å². The number of esters is 1. The van der Waals surface area contributed by atoms with Crippen LogP contribution in [0.25, 0.3) is 6.08 Å². The summed E-state index contributed by atoms with van der Waals surface area (Å²) in [5, 5.41) is 1.06. The number of hydrogen-bond donors (Lipinski definition) is 0. The summed E-state index contributed by atoms with van der Waals surface area (Å²) in [5.74, 6) is -4.15. The monoisotopic (exact) mass is 512 g/mol. The van der Waals surface area contributed by atoms with Gasteiger partial charge in [-0.05, 0) is 51.0 Å². The van der Waals surface area contributed by atoms with Crippen molar-refractivity contribution in [3.8, 4) is 0 Å². The topological polar surface area (TPSA) is 66.9 Å². The van der Waals surface area contributed by atoms with Crippen molar-refractivity contribution < 1.29 is 32.3 Å². The molecule has 0 aliphatic heterocycles. The number of hydrogen-bond acceptors (Lipinski definition) is 4. The molecule has 202 valence electrons. The van der Waals surface area contributed by atoms with Crippen LogP contribution in [-0.2, 0) is 19.1 Å². The van der Waals surface area contributed by atoms with Crippen molar-refractivity contribution in [2.45, 2.75) is 85.5 Å². The molecule has 0 N–H and O–H groups in total. The number of carbonyl (C=O) groups is 3. The van der Waals surface area contributed by atoms with E-state index in [0.717, 1.165) is 5.56 Å². The van der Waals surface area contributed by atoms with Gasteiger partial charge in [0.1, 0.15) is 5.60 Å². The van der Waals surface area contributed by atoms with Gasteiger partial charge in [0.15, 0.2) is 6.04 Å². The maximum absolute atomic E-state index is 13.6. The van der Waals surface area contributed by atoms with Crippen molar-refractivity contribution >= 4 is 23.9 Å². The van der Waals surface area contributed by atoms with E-state index >= 15 is 0 Å². The van der Waals surface area contributed by atoms with Gasteiger partial charge in [0.2, 0.25) is 5.91 Å². The van der Waals surface area contributed by atoms with E-state index in [2.05, 4.69) is 0 Å². The molecule has 0 saturated heterocycles. The number of ether oxygens (including phenoxy) is 1. The minimum absolute atomic E-state index is 0.0885. The van der Waals surface area contributed by atoms with Crippen molar-refractivity contribution in [3.05, 3.63) is 42.0 Å². The lowest BCUT2D eigenvalue weighted by atomic mass is 10.1. The lowest BCUT2D eigenvalue weighted by Gasteiger charge is -2.40. The molecule has 1 atom stereocenters. The van der Waals surface area contributed by atoms with Crippen LogP contribution in [-0.4, -0.2) is 52.2 Å². The van der Waals surface area contributed by atoms with E-state index in [9.17, 15) is 27.6 Å².